The van der Waals surface area contributed by atoms with Gasteiger partial charge in [-0.1, -0.05) is 41.9 Å². The van der Waals surface area contributed by atoms with E-state index in [9.17, 15) is 0 Å². The Morgan fingerprint density at radius 1 is 1.04 bits per heavy atom. The van der Waals surface area contributed by atoms with E-state index in [0.717, 1.165) is 36.7 Å². The fourth-order valence-corrected chi connectivity index (χ4v) is 2.80. The second-order valence-electron chi connectivity index (χ2n) is 5.54. The van der Waals surface area contributed by atoms with E-state index < -0.39 is 0 Å². The predicted molar refractivity (Wildman–Crippen MR) is 90.2 cm³/mol. The molecule has 0 saturated carbocycles. The quantitative estimate of drug-likeness (QED) is 0.846. The lowest BCUT2D eigenvalue weighted by Crippen LogP contribution is -2.53. The molecule has 0 aliphatic carbocycles. The SMILES string of the molecule is OCCOc1ccccc1CN1CC(Oc2ccccc2Cl)C1. The van der Waals surface area contributed by atoms with Crippen molar-refractivity contribution in [3.05, 3.63) is 59.1 Å². The Bertz CT molecular complexity index is 644. The molecule has 2 aromatic carbocycles. The fourth-order valence-electron chi connectivity index (χ4n) is 2.62. The lowest BCUT2D eigenvalue weighted by molar-refractivity contribution is 0.0140. The minimum Gasteiger partial charge on any atom is -0.491 e. The molecule has 0 aromatic heterocycles. The molecular formula is C18H20ClNO3. The number of halogens is 1. The topological polar surface area (TPSA) is 41.9 Å². The standard InChI is InChI=1S/C18H20ClNO3/c19-16-6-2-4-8-18(16)23-15-12-20(13-15)11-14-5-1-3-7-17(14)22-10-9-21/h1-8,15,21H,9-13H2. The number of likely N-dealkylation sites (tertiary alicyclic amines) is 1. The molecule has 23 heavy (non-hydrogen) atoms. The van der Waals surface area contributed by atoms with E-state index >= 15 is 0 Å². The third-order valence-corrected chi connectivity index (χ3v) is 4.08. The second kappa shape index (κ2) is 7.68. The zero-order valence-corrected chi connectivity index (χ0v) is 13.6. The average Bonchev–Trinajstić information content (AvgIpc) is 2.53. The molecule has 1 saturated heterocycles. The number of benzene rings is 2. The van der Waals surface area contributed by atoms with Crippen molar-refractivity contribution in [2.24, 2.45) is 0 Å². The van der Waals surface area contributed by atoms with Crippen LogP contribution in [0.5, 0.6) is 11.5 Å². The van der Waals surface area contributed by atoms with Gasteiger partial charge in [0.05, 0.1) is 11.6 Å². The van der Waals surface area contributed by atoms with E-state index in [4.69, 9.17) is 26.2 Å². The second-order valence-corrected chi connectivity index (χ2v) is 5.95. The van der Waals surface area contributed by atoms with E-state index in [2.05, 4.69) is 11.0 Å². The zero-order chi connectivity index (χ0) is 16.1. The summed E-state index contributed by atoms with van der Waals surface area (Å²) in [6.07, 6.45) is 0.167. The van der Waals surface area contributed by atoms with Crippen molar-refractivity contribution in [3.63, 3.8) is 0 Å². The summed E-state index contributed by atoms with van der Waals surface area (Å²) >= 11 is 6.11. The Balaban J connectivity index is 1.52. The lowest BCUT2D eigenvalue weighted by Gasteiger charge is -2.39. The maximum atomic E-state index is 8.89. The molecule has 1 aliphatic heterocycles. The third kappa shape index (κ3) is 4.16. The van der Waals surface area contributed by atoms with Gasteiger partial charge in [0.1, 0.15) is 24.2 Å². The predicted octanol–water partition coefficient (Wildman–Crippen LogP) is 2.97. The highest BCUT2D eigenvalue weighted by molar-refractivity contribution is 6.32. The lowest BCUT2D eigenvalue weighted by atomic mass is 10.1. The Kier molecular flexibility index (Phi) is 5.39. The van der Waals surface area contributed by atoms with Crippen LogP contribution in [-0.4, -0.2) is 42.4 Å². The first kappa shape index (κ1) is 16.1. The molecule has 2 aromatic rings. The van der Waals surface area contributed by atoms with Crippen molar-refractivity contribution in [2.45, 2.75) is 12.6 Å². The van der Waals surface area contributed by atoms with Crippen LogP contribution in [0.1, 0.15) is 5.56 Å². The molecular weight excluding hydrogens is 314 g/mol. The van der Waals surface area contributed by atoms with Gasteiger partial charge in [-0.2, -0.15) is 0 Å². The van der Waals surface area contributed by atoms with E-state index in [1.165, 1.54) is 0 Å². The van der Waals surface area contributed by atoms with Crippen molar-refractivity contribution >= 4 is 11.6 Å². The summed E-state index contributed by atoms with van der Waals surface area (Å²) in [6, 6.07) is 15.5. The van der Waals surface area contributed by atoms with Crippen LogP contribution in [0.2, 0.25) is 5.02 Å². The van der Waals surface area contributed by atoms with Gasteiger partial charge >= 0.3 is 0 Å². The van der Waals surface area contributed by atoms with Crippen LogP contribution in [0.3, 0.4) is 0 Å². The van der Waals surface area contributed by atoms with Crippen LogP contribution in [0.15, 0.2) is 48.5 Å². The molecule has 1 heterocycles. The molecule has 1 fully saturated rings. The molecule has 122 valence electrons. The highest BCUT2D eigenvalue weighted by Crippen LogP contribution is 2.28. The normalized spacial score (nSPS) is 15.2. The highest BCUT2D eigenvalue weighted by Gasteiger charge is 2.29. The minimum atomic E-state index is 0.0196. The highest BCUT2D eigenvalue weighted by atomic mass is 35.5. The fraction of sp³-hybridized carbons (Fsp3) is 0.333. The minimum absolute atomic E-state index is 0.0196. The van der Waals surface area contributed by atoms with Crippen molar-refractivity contribution in [2.75, 3.05) is 26.3 Å². The molecule has 0 amide bonds. The van der Waals surface area contributed by atoms with Crippen LogP contribution >= 0.6 is 11.6 Å². The summed E-state index contributed by atoms with van der Waals surface area (Å²) < 4.78 is 11.5. The first-order valence-electron chi connectivity index (χ1n) is 7.71. The Morgan fingerprint density at radius 2 is 1.74 bits per heavy atom. The van der Waals surface area contributed by atoms with Gasteiger partial charge < -0.3 is 14.6 Å². The van der Waals surface area contributed by atoms with Gasteiger partial charge in [-0.15, -0.1) is 0 Å². The van der Waals surface area contributed by atoms with E-state index in [-0.39, 0.29) is 12.7 Å². The van der Waals surface area contributed by atoms with Crippen LogP contribution < -0.4 is 9.47 Å². The molecule has 0 spiro atoms. The molecule has 0 bridgehead atoms. The first-order valence-corrected chi connectivity index (χ1v) is 8.09. The van der Waals surface area contributed by atoms with Gasteiger partial charge in [0, 0.05) is 25.2 Å². The number of nitrogens with zero attached hydrogens (tertiary/aromatic N) is 1. The maximum absolute atomic E-state index is 8.89. The summed E-state index contributed by atoms with van der Waals surface area (Å²) in [6.45, 7) is 2.87. The molecule has 1 N–H and O–H groups in total. The summed E-state index contributed by atoms with van der Waals surface area (Å²) in [7, 11) is 0. The summed E-state index contributed by atoms with van der Waals surface area (Å²) in [4.78, 5) is 2.29. The molecule has 5 heteroatoms. The number of ether oxygens (including phenoxy) is 2. The Hall–Kier alpha value is -1.75. The largest absolute Gasteiger partial charge is 0.491 e. The van der Waals surface area contributed by atoms with Crippen molar-refractivity contribution < 1.29 is 14.6 Å². The third-order valence-electron chi connectivity index (χ3n) is 3.77. The Labute approximate surface area is 141 Å². The van der Waals surface area contributed by atoms with Gasteiger partial charge in [0.15, 0.2) is 0 Å². The van der Waals surface area contributed by atoms with Gasteiger partial charge in [0.2, 0.25) is 0 Å². The van der Waals surface area contributed by atoms with Gasteiger partial charge in [-0.25, -0.2) is 0 Å². The number of hydrogen-bond donors (Lipinski definition) is 1. The van der Waals surface area contributed by atoms with Gasteiger partial charge in [-0.05, 0) is 18.2 Å². The smallest absolute Gasteiger partial charge is 0.138 e. The van der Waals surface area contributed by atoms with E-state index in [0.29, 0.717) is 11.6 Å². The van der Waals surface area contributed by atoms with Crippen LogP contribution in [0.25, 0.3) is 0 Å². The number of rotatable bonds is 7. The molecule has 3 rings (SSSR count). The summed E-state index contributed by atoms with van der Waals surface area (Å²) in [5.41, 5.74) is 1.12. The maximum Gasteiger partial charge on any atom is 0.138 e. The number of para-hydroxylation sites is 2. The van der Waals surface area contributed by atoms with Crippen molar-refractivity contribution in [1.29, 1.82) is 0 Å². The Morgan fingerprint density at radius 3 is 2.48 bits per heavy atom. The molecule has 1 aliphatic rings. The zero-order valence-electron chi connectivity index (χ0n) is 12.8. The monoisotopic (exact) mass is 333 g/mol. The van der Waals surface area contributed by atoms with Crippen LogP contribution in [0.4, 0.5) is 0 Å². The van der Waals surface area contributed by atoms with E-state index in [1.54, 1.807) is 0 Å². The van der Waals surface area contributed by atoms with Gasteiger partial charge in [-0.3, -0.25) is 4.90 Å². The molecule has 0 atom stereocenters. The average molecular weight is 334 g/mol. The van der Waals surface area contributed by atoms with Crippen molar-refractivity contribution in [1.82, 2.24) is 4.90 Å². The molecule has 0 unspecified atom stereocenters. The summed E-state index contributed by atoms with van der Waals surface area (Å²) in [5, 5.41) is 9.54. The number of aliphatic hydroxyl groups is 1. The van der Waals surface area contributed by atoms with Crippen LogP contribution in [-0.2, 0) is 6.54 Å². The summed E-state index contributed by atoms with van der Waals surface area (Å²) in [5.74, 6) is 1.57. The van der Waals surface area contributed by atoms with E-state index in [1.807, 2.05) is 42.5 Å². The van der Waals surface area contributed by atoms with Gasteiger partial charge in [0.25, 0.3) is 0 Å². The first-order chi connectivity index (χ1) is 11.3. The number of aliphatic hydroxyl groups excluding tert-OH is 1. The van der Waals surface area contributed by atoms with Crippen LogP contribution in [0, 0.1) is 0 Å². The molecule has 0 radical (unpaired) electrons. The van der Waals surface area contributed by atoms with Crippen molar-refractivity contribution in [3.8, 4) is 11.5 Å². The number of hydrogen-bond acceptors (Lipinski definition) is 4. The molecule has 4 nitrogen and oxygen atoms in total.